The van der Waals surface area contributed by atoms with Gasteiger partial charge in [-0.2, -0.15) is 26.3 Å². The van der Waals surface area contributed by atoms with Crippen LogP contribution in [0.3, 0.4) is 0 Å². The summed E-state index contributed by atoms with van der Waals surface area (Å²) in [6.45, 7) is -0.474. The van der Waals surface area contributed by atoms with Gasteiger partial charge < -0.3 is 10.6 Å². The van der Waals surface area contributed by atoms with Gasteiger partial charge in [0.25, 0.3) is 0 Å². The van der Waals surface area contributed by atoms with Crippen molar-refractivity contribution >= 4 is 29.2 Å². The Labute approximate surface area is 170 Å². The molecule has 2 aromatic carbocycles. The molecule has 1 heterocycles. The molecule has 164 valence electrons. The van der Waals surface area contributed by atoms with Crippen LogP contribution in [0.1, 0.15) is 11.1 Å². The van der Waals surface area contributed by atoms with Gasteiger partial charge in [0, 0.05) is 12.2 Å². The van der Waals surface area contributed by atoms with Crippen molar-refractivity contribution < 1.29 is 40.7 Å². The molecule has 3 rings (SSSR count). The van der Waals surface area contributed by atoms with Crippen LogP contribution in [-0.4, -0.2) is 24.4 Å². The summed E-state index contributed by atoms with van der Waals surface area (Å²) in [6.07, 6.45) is -10.2. The number of para-hydroxylation sites is 1. The van der Waals surface area contributed by atoms with Crippen molar-refractivity contribution in [3.8, 4) is 0 Å². The number of urea groups is 1. The van der Waals surface area contributed by atoms with Crippen molar-refractivity contribution in [3.63, 3.8) is 0 Å². The number of nitrogens with one attached hydrogen (secondary N) is 2. The van der Waals surface area contributed by atoms with Crippen molar-refractivity contribution in [1.29, 1.82) is 0 Å². The first kappa shape index (κ1) is 22.1. The molecule has 12 heteroatoms. The molecule has 1 aliphatic rings. The van der Waals surface area contributed by atoms with E-state index in [2.05, 4.69) is 5.32 Å². The molecule has 1 unspecified atom stereocenters. The lowest BCUT2D eigenvalue weighted by molar-refractivity contribution is -0.143. The maximum Gasteiger partial charge on any atom is 0.416 e. The molecule has 0 spiro atoms. The highest BCUT2D eigenvalue weighted by atomic mass is 19.4. The maximum atomic E-state index is 13.0. The summed E-state index contributed by atoms with van der Waals surface area (Å²) in [5.41, 5.74) is -3.89. The second kappa shape index (κ2) is 7.93. The van der Waals surface area contributed by atoms with E-state index in [0.29, 0.717) is 17.0 Å². The molecule has 4 amide bonds. The number of rotatable bonds is 3. The van der Waals surface area contributed by atoms with E-state index < -0.39 is 59.5 Å². The fraction of sp³-hybridized carbons (Fsp3) is 0.211. The first-order valence-corrected chi connectivity index (χ1v) is 8.65. The van der Waals surface area contributed by atoms with Gasteiger partial charge in [-0.05, 0) is 30.3 Å². The Hall–Kier alpha value is -3.57. The molecule has 2 N–H and O–H groups in total. The summed E-state index contributed by atoms with van der Waals surface area (Å²) >= 11 is 0. The molecule has 0 radical (unpaired) electrons. The molecule has 1 atom stereocenters. The number of carbonyl (C=O) groups is 3. The maximum absolute atomic E-state index is 13.0. The number of imide groups is 1. The first-order valence-electron chi connectivity index (χ1n) is 8.65. The lowest BCUT2D eigenvalue weighted by Crippen LogP contribution is -2.58. The van der Waals surface area contributed by atoms with Gasteiger partial charge in [-0.25, -0.2) is 9.69 Å². The normalized spacial score (nSPS) is 17.4. The van der Waals surface area contributed by atoms with E-state index in [1.807, 2.05) is 5.32 Å². The topological polar surface area (TPSA) is 78.5 Å². The van der Waals surface area contributed by atoms with Crippen molar-refractivity contribution in [3.05, 3.63) is 59.7 Å². The zero-order valence-corrected chi connectivity index (χ0v) is 15.3. The third kappa shape index (κ3) is 4.78. The minimum absolute atomic E-state index is 0.0845. The average Bonchev–Trinajstić information content (AvgIpc) is 2.67. The molecular weight excluding hydrogens is 432 g/mol. The number of carbonyl (C=O) groups excluding carboxylic acids is 3. The fourth-order valence-electron chi connectivity index (χ4n) is 2.89. The predicted molar refractivity (Wildman–Crippen MR) is 95.9 cm³/mol. The van der Waals surface area contributed by atoms with Crippen LogP contribution >= 0.6 is 0 Å². The monoisotopic (exact) mass is 445 g/mol. The summed E-state index contributed by atoms with van der Waals surface area (Å²) in [5, 5.41) is 4.21. The summed E-state index contributed by atoms with van der Waals surface area (Å²) < 4.78 is 77.9. The van der Waals surface area contributed by atoms with Crippen molar-refractivity contribution in [2.75, 3.05) is 16.8 Å². The minimum Gasteiger partial charge on any atom is -0.336 e. The lowest BCUT2D eigenvalue weighted by Gasteiger charge is -2.30. The molecule has 0 aromatic heterocycles. The number of nitrogens with zero attached hydrogens (tertiary/aromatic N) is 1. The number of hydrogen-bond acceptors (Lipinski definition) is 3. The smallest absolute Gasteiger partial charge is 0.336 e. The highest BCUT2D eigenvalue weighted by Crippen LogP contribution is 2.37. The van der Waals surface area contributed by atoms with Gasteiger partial charge in [-0.15, -0.1) is 0 Å². The third-order valence-corrected chi connectivity index (χ3v) is 4.37. The summed E-state index contributed by atoms with van der Waals surface area (Å²) in [6, 6.07) is 7.26. The predicted octanol–water partition coefficient (Wildman–Crippen LogP) is 4.04. The summed E-state index contributed by atoms with van der Waals surface area (Å²) in [4.78, 5) is 37.9. The Kier molecular flexibility index (Phi) is 5.66. The number of benzene rings is 2. The van der Waals surface area contributed by atoms with Crippen molar-refractivity contribution in [1.82, 2.24) is 5.32 Å². The van der Waals surface area contributed by atoms with Crippen LogP contribution in [-0.2, 0) is 21.9 Å². The zero-order chi connectivity index (χ0) is 23.0. The Balaban J connectivity index is 1.89. The van der Waals surface area contributed by atoms with Crippen molar-refractivity contribution in [2.24, 2.45) is 5.92 Å². The van der Waals surface area contributed by atoms with E-state index in [9.17, 15) is 40.7 Å². The zero-order valence-electron chi connectivity index (χ0n) is 15.3. The SMILES string of the molecule is O=C(Nc1cc(C(F)(F)F)cc(C(F)(F)F)c1)C1CNC(=O)N(c2ccccc2)C1=O. The third-order valence-electron chi connectivity index (χ3n) is 4.37. The van der Waals surface area contributed by atoms with Gasteiger partial charge in [-0.3, -0.25) is 9.59 Å². The number of hydrogen-bond donors (Lipinski definition) is 2. The number of alkyl halides is 6. The quantitative estimate of drug-likeness (QED) is 0.553. The van der Waals surface area contributed by atoms with Crippen LogP contribution in [0.5, 0.6) is 0 Å². The molecule has 1 saturated heterocycles. The Morgan fingerprint density at radius 2 is 1.48 bits per heavy atom. The average molecular weight is 445 g/mol. The lowest BCUT2D eigenvalue weighted by atomic mass is 10.0. The molecule has 0 saturated carbocycles. The van der Waals surface area contributed by atoms with Crippen LogP contribution < -0.4 is 15.5 Å². The molecule has 6 nitrogen and oxygen atoms in total. The van der Waals surface area contributed by atoms with Crippen LogP contribution in [0, 0.1) is 5.92 Å². The second-order valence-electron chi connectivity index (χ2n) is 6.53. The first-order chi connectivity index (χ1) is 14.4. The Morgan fingerprint density at radius 1 is 0.935 bits per heavy atom. The second-order valence-corrected chi connectivity index (χ2v) is 6.53. The molecule has 2 aromatic rings. The van der Waals surface area contributed by atoms with Gasteiger partial charge in [-0.1, -0.05) is 18.2 Å². The van der Waals surface area contributed by atoms with Gasteiger partial charge in [0.05, 0.1) is 16.8 Å². The van der Waals surface area contributed by atoms with E-state index in [-0.39, 0.29) is 11.8 Å². The van der Waals surface area contributed by atoms with Crippen LogP contribution in [0.25, 0.3) is 0 Å². The molecule has 31 heavy (non-hydrogen) atoms. The molecular formula is C19H13F6N3O3. The van der Waals surface area contributed by atoms with E-state index >= 15 is 0 Å². The molecule has 1 aliphatic heterocycles. The summed E-state index contributed by atoms with van der Waals surface area (Å²) in [5.74, 6) is -3.71. The van der Waals surface area contributed by atoms with Crippen LogP contribution in [0.2, 0.25) is 0 Å². The number of amides is 4. The van der Waals surface area contributed by atoms with E-state index in [1.165, 1.54) is 24.3 Å². The highest BCUT2D eigenvalue weighted by molar-refractivity contribution is 6.23. The highest BCUT2D eigenvalue weighted by Gasteiger charge is 2.41. The van der Waals surface area contributed by atoms with E-state index in [0.717, 1.165) is 0 Å². The number of anilines is 2. The fourth-order valence-corrected chi connectivity index (χ4v) is 2.89. The van der Waals surface area contributed by atoms with Crippen LogP contribution in [0.15, 0.2) is 48.5 Å². The van der Waals surface area contributed by atoms with E-state index in [4.69, 9.17) is 0 Å². The van der Waals surface area contributed by atoms with Gasteiger partial charge in [0.2, 0.25) is 11.8 Å². The molecule has 0 bridgehead atoms. The van der Waals surface area contributed by atoms with Gasteiger partial charge >= 0.3 is 18.4 Å². The van der Waals surface area contributed by atoms with Gasteiger partial charge in [0.15, 0.2) is 0 Å². The van der Waals surface area contributed by atoms with Crippen LogP contribution in [0.4, 0.5) is 42.5 Å². The minimum atomic E-state index is -5.10. The Morgan fingerprint density at radius 3 is 2.00 bits per heavy atom. The molecule has 1 fully saturated rings. The Bertz CT molecular complexity index is 989. The standard InChI is InChI=1S/C19H13F6N3O3/c20-18(21,22)10-6-11(19(23,24)25)8-12(7-10)27-15(29)14-9-26-17(31)28(16(14)30)13-4-2-1-3-5-13/h1-8,14H,9H2,(H,26,31)(H,27,29). The van der Waals surface area contributed by atoms with Crippen molar-refractivity contribution in [2.45, 2.75) is 12.4 Å². The largest absolute Gasteiger partial charge is 0.416 e. The summed E-state index contributed by atoms with van der Waals surface area (Å²) in [7, 11) is 0. The number of halogens is 6. The van der Waals surface area contributed by atoms with Gasteiger partial charge in [0.1, 0.15) is 5.92 Å². The van der Waals surface area contributed by atoms with E-state index in [1.54, 1.807) is 6.07 Å². The molecule has 0 aliphatic carbocycles.